The van der Waals surface area contributed by atoms with E-state index >= 15 is 0 Å². The van der Waals surface area contributed by atoms with E-state index in [9.17, 15) is 14.7 Å². The van der Waals surface area contributed by atoms with Crippen molar-refractivity contribution in [3.05, 3.63) is 59.7 Å². The number of aliphatic carboxylic acids is 1. The van der Waals surface area contributed by atoms with Gasteiger partial charge in [0.2, 0.25) is 0 Å². The summed E-state index contributed by atoms with van der Waals surface area (Å²) in [6, 6.07) is 15.0. The Hall–Kier alpha value is -2.86. The SMILES string of the molecule is O=C(NC(COC1CCC1)C(=O)O)OCC1c2ccccc2-c2ccccc21. The summed E-state index contributed by atoms with van der Waals surface area (Å²) in [6.45, 7) is 0.0971. The van der Waals surface area contributed by atoms with Crippen molar-refractivity contribution < 1.29 is 24.2 Å². The molecule has 2 aliphatic carbocycles. The third-order valence-electron chi connectivity index (χ3n) is 5.48. The van der Waals surface area contributed by atoms with Gasteiger partial charge in [0.15, 0.2) is 6.04 Å². The van der Waals surface area contributed by atoms with Gasteiger partial charge in [0, 0.05) is 5.92 Å². The lowest BCUT2D eigenvalue weighted by Gasteiger charge is -2.27. The maximum atomic E-state index is 12.2. The van der Waals surface area contributed by atoms with E-state index in [0.29, 0.717) is 0 Å². The van der Waals surface area contributed by atoms with Crippen LogP contribution in [-0.4, -0.2) is 42.5 Å². The number of ether oxygens (including phenoxy) is 2. The fraction of sp³-hybridized carbons (Fsp3) is 0.364. The summed E-state index contributed by atoms with van der Waals surface area (Å²) in [5, 5.41) is 11.7. The first-order valence-electron chi connectivity index (χ1n) is 9.59. The summed E-state index contributed by atoms with van der Waals surface area (Å²) >= 11 is 0. The molecule has 1 unspecified atom stereocenters. The largest absolute Gasteiger partial charge is 0.480 e. The average molecular weight is 381 g/mol. The molecule has 6 nitrogen and oxygen atoms in total. The molecule has 0 aromatic heterocycles. The number of rotatable bonds is 7. The summed E-state index contributed by atoms with van der Waals surface area (Å²) in [5.41, 5.74) is 4.51. The molecule has 6 heteroatoms. The molecular formula is C22H23NO5. The zero-order valence-corrected chi connectivity index (χ0v) is 15.5. The average Bonchev–Trinajstić information content (AvgIpc) is 2.98. The molecule has 1 saturated carbocycles. The Morgan fingerprint density at radius 3 is 2.18 bits per heavy atom. The topological polar surface area (TPSA) is 84.9 Å². The Balaban J connectivity index is 1.38. The molecule has 2 aromatic rings. The monoisotopic (exact) mass is 381 g/mol. The van der Waals surface area contributed by atoms with Gasteiger partial charge in [-0.1, -0.05) is 48.5 Å². The molecule has 0 heterocycles. The van der Waals surface area contributed by atoms with E-state index in [1.807, 2.05) is 36.4 Å². The van der Waals surface area contributed by atoms with E-state index in [-0.39, 0.29) is 25.2 Å². The standard InChI is InChI=1S/C22H23NO5/c24-21(25)20(13-27-14-6-5-7-14)23-22(26)28-12-19-17-10-3-1-8-15(17)16-9-2-4-11-18(16)19/h1-4,8-11,14,19-20H,5-7,12-13H2,(H,23,26)(H,24,25). The number of benzene rings is 2. The van der Waals surface area contributed by atoms with Crippen molar-refractivity contribution in [2.75, 3.05) is 13.2 Å². The first-order chi connectivity index (χ1) is 13.6. The van der Waals surface area contributed by atoms with Gasteiger partial charge in [-0.15, -0.1) is 0 Å². The van der Waals surface area contributed by atoms with Crippen LogP contribution in [0.15, 0.2) is 48.5 Å². The summed E-state index contributed by atoms with van der Waals surface area (Å²) in [6.07, 6.45) is 2.34. The van der Waals surface area contributed by atoms with Gasteiger partial charge in [-0.3, -0.25) is 0 Å². The normalized spacial score (nSPS) is 16.6. The molecule has 146 valence electrons. The highest BCUT2D eigenvalue weighted by molar-refractivity contribution is 5.81. The predicted molar refractivity (Wildman–Crippen MR) is 103 cm³/mol. The Kier molecular flexibility index (Phi) is 5.30. The fourth-order valence-electron chi connectivity index (χ4n) is 3.73. The maximum absolute atomic E-state index is 12.2. The van der Waals surface area contributed by atoms with E-state index in [1.54, 1.807) is 0 Å². The number of hydrogen-bond acceptors (Lipinski definition) is 4. The van der Waals surface area contributed by atoms with Crippen molar-refractivity contribution >= 4 is 12.1 Å². The predicted octanol–water partition coefficient (Wildman–Crippen LogP) is 3.55. The highest BCUT2D eigenvalue weighted by atomic mass is 16.6. The molecule has 2 aromatic carbocycles. The lowest BCUT2D eigenvalue weighted by Crippen LogP contribution is -2.45. The van der Waals surface area contributed by atoms with Crippen LogP contribution in [0.2, 0.25) is 0 Å². The van der Waals surface area contributed by atoms with Crippen LogP contribution < -0.4 is 5.32 Å². The van der Waals surface area contributed by atoms with Crippen LogP contribution in [0.4, 0.5) is 4.79 Å². The minimum Gasteiger partial charge on any atom is -0.480 e. The molecule has 0 spiro atoms. The third-order valence-corrected chi connectivity index (χ3v) is 5.48. The van der Waals surface area contributed by atoms with Crippen molar-refractivity contribution in [3.8, 4) is 11.1 Å². The molecule has 2 aliphatic rings. The summed E-state index contributed by atoms with van der Waals surface area (Å²) in [7, 11) is 0. The molecule has 28 heavy (non-hydrogen) atoms. The van der Waals surface area contributed by atoms with Crippen LogP contribution in [0.25, 0.3) is 11.1 Å². The van der Waals surface area contributed by atoms with Gasteiger partial charge >= 0.3 is 12.1 Å². The van der Waals surface area contributed by atoms with Crippen LogP contribution in [0, 0.1) is 0 Å². The van der Waals surface area contributed by atoms with Gasteiger partial charge in [-0.2, -0.15) is 0 Å². The number of amides is 1. The van der Waals surface area contributed by atoms with Gasteiger partial charge in [-0.05, 0) is 41.5 Å². The number of hydrogen-bond donors (Lipinski definition) is 2. The summed E-state index contributed by atoms with van der Waals surface area (Å²) < 4.78 is 10.9. The Morgan fingerprint density at radius 1 is 1.04 bits per heavy atom. The Morgan fingerprint density at radius 2 is 1.64 bits per heavy atom. The third kappa shape index (κ3) is 3.73. The smallest absolute Gasteiger partial charge is 0.407 e. The highest BCUT2D eigenvalue weighted by Gasteiger charge is 2.30. The molecule has 1 atom stereocenters. The van der Waals surface area contributed by atoms with E-state index in [4.69, 9.17) is 9.47 Å². The molecule has 2 N–H and O–H groups in total. The van der Waals surface area contributed by atoms with Gasteiger partial charge in [0.05, 0.1) is 12.7 Å². The number of fused-ring (bicyclic) bond motifs is 3. The van der Waals surface area contributed by atoms with E-state index in [1.165, 1.54) is 0 Å². The fourth-order valence-corrected chi connectivity index (χ4v) is 3.73. The first-order valence-corrected chi connectivity index (χ1v) is 9.59. The first kappa shape index (κ1) is 18.5. The number of carbonyl (C=O) groups excluding carboxylic acids is 1. The second kappa shape index (κ2) is 8.02. The Labute approximate surface area is 163 Å². The number of carbonyl (C=O) groups is 2. The second-order valence-corrected chi connectivity index (χ2v) is 7.25. The van der Waals surface area contributed by atoms with Crippen LogP contribution in [-0.2, 0) is 14.3 Å². The molecule has 0 aliphatic heterocycles. The minimum absolute atomic E-state index is 0.0514. The summed E-state index contributed by atoms with van der Waals surface area (Å²) in [5.74, 6) is -1.19. The van der Waals surface area contributed by atoms with Crippen LogP contribution >= 0.6 is 0 Å². The zero-order chi connectivity index (χ0) is 19.5. The van der Waals surface area contributed by atoms with Crippen molar-refractivity contribution in [2.45, 2.75) is 37.3 Å². The number of carboxylic acid groups (broad SMARTS) is 1. The van der Waals surface area contributed by atoms with E-state index in [2.05, 4.69) is 17.4 Å². The van der Waals surface area contributed by atoms with E-state index < -0.39 is 18.1 Å². The summed E-state index contributed by atoms with van der Waals surface area (Å²) in [4.78, 5) is 23.6. The Bertz CT molecular complexity index is 831. The number of alkyl carbamates (subject to hydrolysis) is 1. The van der Waals surface area contributed by atoms with Crippen molar-refractivity contribution in [3.63, 3.8) is 0 Å². The number of carboxylic acids is 1. The maximum Gasteiger partial charge on any atom is 0.407 e. The lowest BCUT2D eigenvalue weighted by molar-refractivity contribution is -0.142. The van der Waals surface area contributed by atoms with Crippen LogP contribution in [0.5, 0.6) is 0 Å². The van der Waals surface area contributed by atoms with E-state index in [0.717, 1.165) is 41.5 Å². The molecule has 1 fully saturated rings. The molecule has 1 amide bonds. The molecule has 4 rings (SSSR count). The van der Waals surface area contributed by atoms with Gasteiger partial charge < -0.3 is 19.9 Å². The van der Waals surface area contributed by atoms with Gasteiger partial charge in [-0.25, -0.2) is 9.59 Å². The number of nitrogens with one attached hydrogen (secondary N) is 1. The van der Waals surface area contributed by atoms with Crippen molar-refractivity contribution in [1.82, 2.24) is 5.32 Å². The quantitative estimate of drug-likeness (QED) is 0.766. The zero-order valence-electron chi connectivity index (χ0n) is 15.5. The second-order valence-electron chi connectivity index (χ2n) is 7.25. The van der Waals surface area contributed by atoms with Gasteiger partial charge in [0.25, 0.3) is 0 Å². The lowest BCUT2D eigenvalue weighted by atomic mass is 9.96. The van der Waals surface area contributed by atoms with Gasteiger partial charge in [0.1, 0.15) is 6.61 Å². The van der Waals surface area contributed by atoms with Crippen molar-refractivity contribution in [2.24, 2.45) is 0 Å². The molecule has 0 bridgehead atoms. The van der Waals surface area contributed by atoms with Crippen molar-refractivity contribution in [1.29, 1.82) is 0 Å². The van der Waals surface area contributed by atoms with Crippen LogP contribution in [0.1, 0.15) is 36.3 Å². The molecular weight excluding hydrogens is 358 g/mol. The highest BCUT2D eigenvalue weighted by Crippen LogP contribution is 2.44. The molecule has 0 radical (unpaired) electrons. The van der Waals surface area contributed by atoms with Crippen LogP contribution in [0.3, 0.4) is 0 Å². The molecule has 0 saturated heterocycles. The minimum atomic E-state index is -1.13.